The molecule has 1 aliphatic heterocycles. The molecule has 0 bridgehead atoms. The number of halogens is 1. The molecule has 2 rings (SSSR count). The second kappa shape index (κ2) is 5.54. The van der Waals surface area contributed by atoms with Crippen molar-refractivity contribution in [3.8, 4) is 0 Å². The average molecular weight is 336 g/mol. The van der Waals surface area contributed by atoms with Gasteiger partial charge in [-0.1, -0.05) is 0 Å². The summed E-state index contributed by atoms with van der Waals surface area (Å²) in [5.74, 6) is -0.889. The zero-order valence-electron chi connectivity index (χ0n) is 11.5. The number of benzene rings is 1. The van der Waals surface area contributed by atoms with Gasteiger partial charge in [0.1, 0.15) is 5.82 Å². The van der Waals surface area contributed by atoms with Crippen LogP contribution in [-0.4, -0.2) is 34.4 Å². The minimum absolute atomic E-state index is 0.0339. The predicted octanol–water partition coefficient (Wildman–Crippen LogP) is 0.572. The molecule has 1 fully saturated rings. The fourth-order valence-electron chi connectivity index (χ4n) is 2.23. The van der Waals surface area contributed by atoms with Crippen LogP contribution in [0.2, 0.25) is 0 Å². The van der Waals surface area contributed by atoms with Gasteiger partial charge in [-0.2, -0.15) is 0 Å². The van der Waals surface area contributed by atoms with Gasteiger partial charge in [0.05, 0.1) is 16.4 Å². The maximum atomic E-state index is 13.6. The Bertz CT molecular complexity index is 736. The molecule has 6 nitrogen and oxygen atoms in total. The van der Waals surface area contributed by atoms with Crippen molar-refractivity contribution in [1.29, 1.82) is 0 Å². The van der Waals surface area contributed by atoms with E-state index in [1.807, 2.05) is 0 Å². The highest BCUT2D eigenvalue weighted by Gasteiger charge is 2.29. The SMILES string of the molecule is Cc1c(N)cc(S(=O)(=O)NC2CCCS(=O)(=O)C2)cc1F. The van der Waals surface area contributed by atoms with Crippen molar-refractivity contribution < 1.29 is 21.2 Å². The first-order valence-corrected chi connectivity index (χ1v) is 9.69. The summed E-state index contributed by atoms with van der Waals surface area (Å²) in [5, 5.41) is 0. The van der Waals surface area contributed by atoms with E-state index >= 15 is 0 Å². The van der Waals surface area contributed by atoms with Gasteiger partial charge in [-0.25, -0.2) is 25.9 Å². The maximum absolute atomic E-state index is 13.6. The molecule has 118 valence electrons. The van der Waals surface area contributed by atoms with Gasteiger partial charge in [-0.3, -0.25) is 0 Å². The summed E-state index contributed by atoms with van der Waals surface area (Å²) in [6.07, 6.45) is 0.836. The van der Waals surface area contributed by atoms with Crippen molar-refractivity contribution in [1.82, 2.24) is 4.72 Å². The van der Waals surface area contributed by atoms with Crippen LogP contribution < -0.4 is 10.5 Å². The third kappa shape index (κ3) is 3.72. The molecule has 0 amide bonds. The van der Waals surface area contributed by atoms with Crippen LogP contribution in [0.25, 0.3) is 0 Å². The van der Waals surface area contributed by atoms with E-state index in [0.29, 0.717) is 12.8 Å². The summed E-state index contributed by atoms with van der Waals surface area (Å²) in [6.45, 7) is 1.45. The second-order valence-electron chi connectivity index (χ2n) is 5.19. The smallest absolute Gasteiger partial charge is 0.241 e. The molecule has 0 radical (unpaired) electrons. The number of hydrogen-bond donors (Lipinski definition) is 2. The highest BCUT2D eigenvalue weighted by Crippen LogP contribution is 2.22. The van der Waals surface area contributed by atoms with Gasteiger partial charge >= 0.3 is 0 Å². The first-order valence-electron chi connectivity index (χ1n) is 6.39. The van der Waals surface area contributed by atoms with Crippen LogP contribution in [0.5, 0.6) is 0 Å². The van der Waals surface area contributed by atoms with Crippen molar-refractivity contribution in [2.24, 2.45) is 0 Å². The highest BCUT2D eigenvalue weighted by atomic mass is 32.2. The zero-order valence-corrected chi connectivity index (χ0v) is 13.1. The Morgan fingerprint density at radius 2 is 2.05 bits per heavy atom. The molecule has 0 aromatic heterocycles. The summed E-state index contributed by atoms with van der Waals surface area (Å²) in [7, 11) is -7.24. The summed E-state index contributed by atoms with van der Waals surface area (Å²) in [6, 6.07) is 1.35. The lowest BCUT2D eigenvalue weighted by Crippen LogP contribution is -2.43. The minimum atomic E-state index is -4.01. The Hall–Kier alpha value is -1.19. The molecule has 1 saturated heterocycles. The summed E-state index contributed by atoms with van der Waals surface area (Å²) in [5.41, 5.74) is 5.78. The van der Waals surface area contributed by atoms with Crippen molar-refractivity contribution in [3.63, 3.8) is 0 Å². The van der Waals surface area contributed by atoms with Gasteiger partial charge in [0.25, 0.3) is 0 Å². The molecule has 1 unspecified atom stereocenters. The van der Waals surface area contributed by atoms with E-state index < -0.39 is 31.7 Å². The number of rotatable bonds is 3. The third-order valence-corrected chi connectivity index (χ3v) is 6.77. The van der Waals surface area contributed by atoms with Gasteiger partial charge < -0.3 is 5.73 Å². The number of nitrogen functional groups attached to an aromatic ring is 1. The van der Waals surface area contributed by atoms with E-state index in [-0.39, 0.29) is 27.7 Å². The number of sulfonamides is 1. The maximum Gasteiger partial charge on any atom is 0.241 e. The monoisotopic (exact) mass is 336 g/mol. The molecule has 1 aromatic rings. The molecule has 0 spiro atoms. The fraction of sp³-hybridized carbons (Fsp3) is 0.500. The number of anilines is 1. The van der Waals surface area contributed by atoms with Crippen LogP contribution in [0.15, 0.2) is 17.0 Å². The molecule has 1 atom stereocenters. The molecule has 21 heavy (non-hydrogen) atoms. The lowest BCUT2D eigenvalue weighted by Gasteiger charge is -2.23. The highest BCUT2D eigenvalue weighted by molar-refractivity contribution is 7.91. The van der Waals surface area contributed by atoms with Gasteiger partial charge in [0.2, 0.25) is 10.0 Å². The predicted molar refractivity (Wildman–Crippen MR) is 77.5 cm³/mol. The molecular weight excluding hydrogens is 319 g/mol. The first-order chi connectivity index (χ1) is 9.61. The summed E-state index contributed by atoms with van der Waals surface area (Å²) < 4.78 is 63.4. The normalized spacial score (nSPS) is 22.1. The number of nitrogens with one attached hydrogen (secondary N) is 1. The van der Waals surface area contributed by atoms with Crippen LogP contribution in [0, 0.1) is 12.7 Å². The van der Waals surface area contributed by atoms with Gasteiger partial charge in [0.15, 0.2) is 9.84 Å². The molecule has 9 heteroatoms. The van der Waals surface area contributed by atoms with Crippen molar-refractivity contribution in [2.45, 2.75) is 30.7 Å². The van der Waals surface area contributed by atoms with E-state index in [0.717, 1.165) is 12.1 Å². The summed E-state index contributed by atoms with van der Waals surface area (Å²) >= 11 is 0. The van der Waals surface area contributed by atoms with E-state index in [1.165, 1.54) is 6.92 Å². The van der Waals surface area contributed by atoms with E-state index in [9.17, 15) is 21.2 Å². The Balaban J connectivity index is 2.27. The number of nitrogens with two attached hydrogens (primary N) is 1. The molecule has 3 N–H and O–H groups in total. The summed E-state index contributed by atoms with van der Waals surface area (Å²) in [4.78, 5) is -0.300. The number of sulfone groups is 1. The fourth-order valence-corrected chi connectivity index (χ4v) is 5.29. The topological polar surface area (TPSA) is 106 Å². The Morgan fingerprint density at radius 3 is 2.62 bits per heavy atom. The lowest BCUT2D eigenvalue weighted by molar-refractivity contribution is 0.516. The van der Waals surface area contributed by atoms with Crippen LogP contribution in [0.4, 0.5) is 10.1 Å². The molecular formula is C12H17FN2O4S2. The average Bonchev–Trinajstić information content (AvgIpc) is 2.33. The third-order valence-electron chi connectivity index (χ3n) is 3.45. The van der Waals surface area contributed by atoms with Crippen LogP contribution in [0.1, 0.15) is 18.4 Å². The molecule has 1 aliphatic rings. The standard InChI is InChI=1S/C12H17FN2O4S2/c1-8-11(13)5-10(6-12(8)14)21(18,19)15-9-3-2-4-20(16,17)7-9/h5-6,9,15H,2-4,7,14H2,1H3. The van der Waals surface area contributed by atoms with Gasteiger partial charge in [-0.15, -0.1) is 0 Å². The largest absolute Gasteiger partial charge is 0.398 e. The van der Waals surface area contributed by atoms with E-state index in [1.54, 1.807) is 0 Å². The molecule has 1 aromatic carbocycles. The van der Waals surface area contributed by atoms with E-state index in [2.05, 4.69) is 4.72 Å². The van der Waals surface area contributed by atoms with Gasteiger partial charge in [-0.05, 0) is 31.9 Å². The minimum Gasteiger partial charge on any atom is -0.398 e. The molecule has 1 heterocycles. The second-order valence-corrected chi connectivity index (χ2v) is 9.14. The molecule has 0 aliphatic carbocycles. The Labute approximate surface area is 123 Å². The molecule has 0 saturated carbocycles. The van der Waals surface area contributed by atoms with Crippen LogP contribution >= 0.6 is 0 Å². The van der Waals surface area contributed by atoms with Crippen molar-refractivity contribution in [2.75, 3.05) is 17.2 Å². The number of hydrogen-bond acceptors (Lipinski definition) is 5. The Kier molecular flexibility index (Phi) is 4.27. The Morgan fingerprint density at radius 1 is 1.38 bits per heavy atom. The van der Waals surface area contributed by atoms with Gasteiger partial charge in [0, 0.05) is 17.3 Å². The van der Waals surface area contributed by atoms with E-state index in [4.69, 9.17) is 5.73 Å². The lowest BCUT2D eigenvalue weighted by atomic mass is 10.2. The zero-order chi connectivity index (χ0) is 15.8. The van der Waals surface area contributed by atoms with Crippen molar-refractivity contribution >= 4 is 25.5 Å². The quantitative estimate of drug-likeness (QED) is 0.785. The first kappa shape index (κ1) is 16.2. The van der Waals surface area contributed by atoms with Crippen LogP contribution in [-0.2, 0) is 19.9 Å². The van der Waals surface area contributed by atoms with Crippen LogP contribution in [0.3, 0.4) is 0 Å². The van der Waals surface area contributed by atoms with Crippen molar-refractivity contribution in [3.05, 3.63) is 23.5 Å².